The third kappa shape index (κ3) is 4.24. The molecule has 1 amide bonds. The fourth-order valence-electron chi connectivity index (χ4n) is 3.41. The number of anilines is 1. The van der Waals surface area contributed by atoms with Gasteiger partial charge in [0.05, 0.1) is 24.3 Å². The van der Waals surface area contributed by atoms with Gasteiger partial charge in [0.1, 0.15) is 5.75 Å². The van der Waals surface area contributed by atoms with Crippen LogP contribution in [0.2, 0.25) is 0 Å². The molecule has 1 heterocycles. The number of ether oxygens (including phenoxy) is 1. The molecule has 1 aliphatic heterocycles. The third-order valence-corrected chi connectivity index (χ3v) is 6.21. The normalized spacial score (nSPS) is 18.7. The molecule has 2 aromatic rings. The molecule has 0 radical (unpaired) electrons. The van der Waals surface area contributed by atoms with Gasteiger partial charge in [0, 0.05) is 10.2 Å². The molecule has 148 valence electrons. The van der Waals surface area contributed by atoms with Crippen molar-refractivity contribution < 1.29 is 9.53 Å². The summed E-state index contributed by atoms with van der Waals surface area (Å²) in [6.45, 7) is 9.62. The summed E-state index contributed by atoms with van der Waals surface area (Å²) in [5, 5.41) is 3.66. The lowest BCUT2D eigenvalue weighted by Gasteiger charge is -2.27. The number of carbonyl (C=O) groups excluding carboxylic acids is 1. The van der Waals surface area contributed by atoms with E-state index < -0.39 is 12.0 Å². The third-order valence-electron chi connectivity index (χ3n) is 4.74. The van der Waals surface area contributed by atoms with E-state index in [4.69, 9.17) is 11.3 Å². The fraction of sp³-hybridized carbons (Fsp3) is 0.227. The number of hydrogen-bond acceptors (Lipinski definition) is 4. The van der Waals surface area contributed by atoms with Crippen LogP contribution < -0.4 is 10.1 Å². The molecule has 3 rings (SSSR count). The fourth-order valence-corrected chi connectivity index (χ4v) is 4.60. The Hall–Kier alpha value is -2.56. The van der Waals surface area contributed by atoms with Gasteiger partial charge in [-0.15, -0.1) is 11.8 Å². The molecule has 0 spiro atoms. The van der Waals surface area contributed by atoms with Gasteiger partial charge in [-0.3, -0.25) is 4.79 Å². The number of hydrogen-bond donors (Lipinski definition) is 1. The highest BCUT2D eigenvalue weighted by atomic mass is 79.9. The van der Waals surface area contributed by atoms with Crippen LogP contribution in [-0.4, -0.2) is 30.4 Å². The van der Waals surface area contributed by atoms with Gasteiger partial charge in [0.15, 0.2) is 5.04 Å². The minimum absolute atomic E-state index is 0.287. The largest absolute Gasteiger partial charge is 0.495 e. The Labute approximate surface area is 183 Å². The molecular weight excluding hydrogens is 450 g/mol. The van der Waals surface area contributed by atoms with Crippen LogP contribution in [-0.2, 0) is 4.79 Å². The molecule has 2 aromatic carbocycles. The van der Waals surface area contributed by atoms with E-state index in [1.165, 1.54) is 11.8 Å². The minimum Gasteiger partial charge on any atom is -0.495 e. The highest BCUT2D eigenvalue weighted by Crippen LogP contribution is 2.41. The van der Waals surface area contributed by atoms with E-state index in [1.54, 1.807) is 19.2 Å². The number of para-hydroxylation sites is 2. The van der Waals surface area contributed by atoms with Crippen LogP contribution >= 0.6 is 27.7 Å². The van der Waals surface area contributed by atoms with Crippen molar-refractivity contribution in [3.63, 3.8) is 0 Å². The molecule has 7 heteroatoms. The van der Waals surface area contributed by atoms with E-state index in [0.717, 1.165) is 10.0 Å². The van der Waals surface area contributed by atoms with E-state index in [1.807, 2.05) is 49.6 Å². The summed E-state index contributed by atoms with van der Waals surface area (Å²) < 4.78 is 6.21. The van der Waals surface area contributed by atoms with Gasteiger partial charge >= 0.3 is 0 Å². The monoisotopic (exact) mass is 469 g/mol. The Morgan fingerprint density at radius 3 is 2.59 bits per heavy atom. The van der Waals surface area contributed by atoms with Crippen molar-refractivity contribution in [3.05, 3.63) is 81.3 Å². The Morgan fingerprint density at radius 2 is 1.93 bits per heavy atom. The number of nitrogens with one attached hydrogen (secondary N) is 1. The van der Waals surface area contributed by atoms with Crippen LogP contribution in [0.15, 0.2) is 69.3 Å². The van der Waals surface area contributed by atoms with Gasteiger partial charge < -0.3 is 14.9 Å². The maximum atomic E-state index is 13.4. The first-order valence-electron chi connectivity index (χ1n) is 8.90. The van der Waals surface area contributed by atoms with Crippen molar-refractivity contribution >= 4 is 44.3 Å². The topological polar surface area (TPSA) is 55.0 Å². The maximum absolute atomic E-state index is 13.4. The van der Waals surface area contributed by atoms with Crippen molar-refractivity contribution in [1.29, 1.82) is 0 Å². The number of allylic oxidation sites excluding steroid dienone is 1. The average Bonchev–Trinajstić information content (AvgIpc) is 2.73. The maximum Gasteiger partial charge on any atom is 0.282 e. The zero-order valence-electron chi connectivity index (χ0n) is 16.3. The number of carbonyl (C=O) groups is 1. The van der Waals surface area contributed by atoms with Crippen molar-refractivity contribution in [2.24, 2.45) is 4.99 Å². The molecule has 0 fully saturated rings. The lowest BCUT2D eigenvalue weighted by atomic mass is 9.82. The Morgan fingerprint density at radius 1 is 1.24 bits per heavy atom. The van der Waals surface area contributed by atoms with E-state index in [2.05, 4.69) is 31.1 Å². The zero-order chi connectivity index (χ0) is 21.0. The van der Waals surface area contributed by atoms with Crippen LogP contribution in [0.5, 0.6) is 5.75 Å². The summed E-state index contributed by atoms with van der Waals surface area (Å²) in [5.74, 6) is -0.148. The molecule has 29 heavy (non-hydrogen) atoms. The highest BCUT2D eigenvalue weighted by molar-refractivity contribution is 9.10. The van der Waals surface area contributed by atoms with E-state index in [-0.39, 0.29) is 5.91 Å². The molecule has 0 saturated heterocycles. The lowest BCUT2D eigenvalue weighted by Crippen LogP contribution is -2.34. The quantitative estimate of drug-likeness (QED) is 0.599. The first-order chi connectivity index (χ1) is 14.0. The van der Waals surface area contributed by atoms with E-state index in [9.17, 15) is 4.79 Å². The van der Waals surface area contributed by atoms with Gasteiger partial charge in [-0.2, -0.15) is 0 Å². The second-order valence-corrected chi connectivity index (χ2v) is 8.06. The van der Waals surface area contributed by atoms with E-state index >= 15 is 0 Å². The van der Waals surface area contributed by atoms with Gasteiger partial charge in [0.2, 0.25) is 0 Å². The SMILES string of the molecule is [C-]#[N+]C1C(SC)=NC(C)=C(C(=O)Nc2ccccc2OC)C1c1ccccc1Br. The molecule has 0 aromatic heterocycles. The van der Waals surface area contributed by atoms with Crippen LogP contribution in [0.1, 0.15) is 18.4 Å². The summed E-state index contributed by atoms with van der Waals surface area (Å²) in [6.07, 6.45) is 1.90. The molecule has 2 unspecified atom stereocenters. The van der Waals surface area contributed by atoms with Crippen molar-refractivity contribution in [3.8, 4) is 5.75 Å². The van der Waals surface area contributed by atoms with E-state index in [0.29, 0.717) is 27.8 Å². The Balaban J connectivity index is 2.11. The van der Waals surface area contributed by atoms with Crippen LogP contribution in [0.3, 0.4) is 0 Å². The second kappa shape index (κ2) is 9.29. The number of benzene rings is 2. The summed E-state index contributed by atoms with van der Waals surface area (Å²) >= 11 is 5.04. The summed E-state index contributed by atoms with van der Waals surface area (Å²) in [6, 6.07) is 14.4. The smallest absolute Gasteiger partial charge is 0.282 e. The molecular formula is C22H20BrN3O2S. The molecule has 0 aliphatic carbocycles. The number of amides is 1. The number of nitrogens with zero attached hydrogens (tertiary/aromatic N) is 2. The molecule has 0 saturated carbocycles. The average molecular weight is 470 g/mol. The molecule has 2 atom stereocenters. The standard InChI is InChI=1S/C22H20BrN3O2S/c1-13-18(21(27)26-16-11-7-8-12-17(16)28-3)19(14-9-5-6-10-15(14)23)20(24-2)22(25-13)29-4/h5-12,19-20H,1,3-4H3,(H,26,27). The van der Waals surface area contributed by atoms with Crippen LogP contribution in [0.4, 0.5) is 5.69 Å². The number of methoxy groups -OCH3 is 1. The zero-order valence-corrected chi connectivity index (χ0v) is 18.7. The van der Waals surface area contributed by atoms with Gasteiger partial charge in [0.25, 0.3) is 11.9 Å². The molecule has 1 N–H and O–H groups in total. The first kappa shape index (κ1) is 21.2. The van der Waals surface area contributed by atoms with Gasteiger partial charge in [-0.1, -0.05) is 46.3 Å². The molecule has 0 bridgehead atoms. The number of aliphatic imine (C=N–C) groups is 1. The number of rotatable bonds is 4. The van der Waals surface area contributed by atoms with Crippen molar-refractivity contribution in [2.75, 3.05) is 18.7 Å². The highest BCUT2D eigenvalue weighted by Gasteiger charge is 2.43. The van der Waals surface area contributed by atoms with Crippen LogP contribution in [0, 0.1) is 6.57 Å². The second-order valence-electron chi connectivity index (χ2n) is 6.38. The first-order valence-corrected chi connectivity index (χ1v) is 10.9. The van der Waals surface area contributed by atoms with Gasteiger partial charge in [-0.05, 0) is 36.9 Å². The van der Waals surface area contributed by atoms with Crippen molar-refractivity contribution in [1.82, 2.24) is 0 Å². The summed E-state index contributed by atoms with van der Waals surface area (Å²) in [7, 11) is 1.56. The lowest BCUT2D eigenvalue weighted by molar-refractivity contribution is -0.113. The van der Waals surface area contributed by atoms with Crippen LogP contribution in [0.25, 0.3) is 4.85 Å². The van der Waals surface area contributed by atoms with Crippen molar-refractivity contribution in [2.45, 2.75) is 18.9 Å². The molecule has 5 nitrogen and oxygen atoms in total. The summed E-state index contributed by atoms with van der Waals surface area (Å²) in [5.41, 5.74) is 2.56. The predicted octanol–water partition coefficient (Wildman–Crippen LogP) is 5.52. The Bertz CT molecular complexity index is 1040. The number of thioether (sulfide) groups is 1. The molecule has 1 aliphatic rings. The Kier molecular flexibility index (Phi) is 6.78. The predicted molar refractivity (Wildman–Crippen MR) is 123 cm³/mol. The number of halogens is 1. The van der Waals surface area contributed by atoms with Gasteiger partial charge in [-0.25, -0.2) is 11.6 Å². The minimum atomic E-state index is -0.564. The summed E-state index contributed by atoms with van der Waals surface area (Å²) in [4.78, 5) is 21.8.